The number of nitrogens with one attached hydrogen (secondary N) is 1. The van der Waals surface area contributed by atoms with Crippen molar-refractivity contribution >= 4 is 10.0 Å². The summed E-state index contributed by atoms with van der Waals surface area (Å²) in [6.45, 7) is 8.37. The molecule has 1 aliphatic rings. The van der Waals surface area contributed by atoms with Crippen molar-refractivity contribution in [1.29, 1.82) is 0 Å². The van der Waals surface area contributed by atoms with Crippen LogP contribution in [-0.2, 0) is 10.0 Å². The molecule has 1 heterocycles. The molecule has 0 bridgehead atoms. The smallest absolute Gasteiger partial charge is 0.214 e. The third-order valence-electron chi connectivity index (χ3n) is 3.68. The van der Waals surface area contributed by atoms with Gasteiger partial charge in [0.1, 0.15) is 0 Å². The molecule has 6 heteroatoms. The monoisotopic (exact) mass is 277 g/mol. The molecule has 0 radical (unpaired) electrons. The minimum absolute atomic E-state index is 0.263. The van der Waals surface area contributed by atoms with Crippen LogP contribution in [0.1, 0.15) is 26.7 Å². The first-order chi connectivity index (χ1) is 8.55. The van der Waals surface area contributed by atoms with E-state index in [9.17, 15) is 8.42 Å². The normalized spacial score (nSPS) is 21.9. The number of sulfonamides is 1. The molecule has 0 saturated carbocycles. The van der Waals surface area contributed by atoms with E-state index in [1.165, 1.54) is 0 Å². The highest BCUT2D eigenvalue weighted by molar-refractivity contribution is 7.89. The molecule has 0 aromatic rings. The maximum atomic E-state index is 12.1. The summed E-state index contributed by atoms with van der Waals surface area (Å²) >= 11 is 0. The first-order valence-electron chi connectivity index (χ1n) is 6.91. The lowest BCUT2D eigenvalue weighted by Gasteiger charge is -2.26. The highest BCUT2D eigenvalue weighted by atomic mass is 32.2. The van der Waals surface area contributed by atoms with Gasteiger partial charge in [-0.3, -0.25) is 4.90 Å². The molecule has 108 valence electrons. The number of hydrogen-bond donors (Lipinski definition) is 1. The van der Waals surface area contributed by atoms with Crippen molar-refractivity contribution in [3.63, 3.8) is 0 Å². The fourth-order valence-corrected chi connectivity index (χ4v) is 4.11. The van der Waals surface area contributed by atoms with Crippen LogP contribution in [0, 0.1) is 0 Å². The number of rotatable bonds is 8. The van der Waals surface area contributed by atoms with Crippen molar-refractivity contribution in [2.45, 2.75) is 32.7 Å². The molecule has 1 saturated heterocycles. The van der Waals surface area contributed by atoms with E-state index in [2.05, 4.69) is 24.1 Å². The van der Waals surface area contributed by atoms with E-state index in [1.807, 2.05) is 7.05 Å². The second kappa shape index (κ2) is 7.43. The standard InChI is InChI=1S/C12H27N3O2S/c1-4-14(5-2)12-7-9-15(11-12)18(16,17)10-6-8-13-3/h12-13H,4-11H2,1-3H3. The molecule has 1 unspecified atom stereocenters. The molecular formula is C12H27N3O2S. The van der Waals surface area contributed by atoms with E-state index >= 15 is 0 Å². The summed E-state index contributed by atoms with van der Waals surface area (Å²) in [6, 6.07) is 0.402. The van der Waals surface area contributed by atoms with E-state index in [1.54, 1.807) is 4.31 Å². The molecule has 18 heavy (non-hydrogen) atoms. The third kappa shape index (κ3) is 4.19. The highest BCUT2D eigenvalue weighted by Crippen LogP contribution is 2.19. The quantitative estimate of drug-likeness (QED) is 0.650. The molecule has 1 aliphatic heterocycles. The van der Waals surface area contributed by atoms with Crippen LogP contribution in [0.5, 0.6) is 0 Å². The second-order valence-electron chi connectivity index (χ2n) is 4.79. The van der Waals surface area contributed by atoms with Gasteiger partial charge in [0.2, 0.25) is 10.0 Å². The molecule has 0 spiro atoms. The molecular weight excluding hydrogens is 250 g/mol. The van der Waals surface area contributed by atoms with Gasteiger partial charge >= 0.3 is 0 Å². The Kier molecular flexibility index (Phi) is 6.55. The van der Waals surface area contributed by atoms with Crippen molar-refractivity contribution in [2.24, 2.45) is 0 Å². The van der Waals surface area contributed by atoms with Gasteiger partial charge in [0.05, 0.1) is 5.75 Å². The topological polar surface area (TPSA) is 52.7 Å². The third-order valence-corrected chi connectivity index (χ3v) is 5.60. The van der Waals surface area contributed by atoms with Crippen LogP contribution >= 0.6 is 0 Å². The van der Waals surface area contributed by atoms with Crippen molar-refractivity contribution < 1.29 is 8.42 Å². The van der Waals surface area contributed by atoms with Crippen LogP contribution in [0.3, 0.4) is 0 Å². The van der Waals surface area contributed by atoms with Crippen molar-refractivity contribution in [1.82, 2.24) is 14.5 Å². The zero-order valence-electron chi connectivity index (χ0n) is 11.9. The minimum Gasteiger partial charge on any atom is -0.320 e. The molecule has 1 atom stereocenters. The molecule has 0 aromatic carbocycles. The van der Waals surface area contributed by atoms with E-state index in [-0.39, 0.29) is 5.75 Å². The van der Waals surface area contributed by atoms with Crippen LogP contribution in [0.4, 0.5) is 0 Å². The Bertz CT molecular complexity index is 328. The van der Waals surface area contributed by atoms with Gasteiger partial charge in [-0.15, -0.1) is 0 Å². The van der Waals surface area contributed by atoms with Gasteiger partial charge in [-0.1, -0.05) is 13.8 Å². The van der Waals surface area contributed by atoms with Crippen molar-refractivity contribution in [3.05, 3.63) is 0 Å². The summed E-state index contributed by atoms with van der Waals surface area (Å²) in [7, 11) is -1.20. The van der Waals surface area contributed by atoms with Gasteiger partial charge in [-0.2, -0.15) is 0 Å². The van der Waals surface area contributed by atoms with Gasteiger partial charge < -0.3 is 5.32 Å². The molecule has 1 fully saturated rings. The lowest BCUT2D eigenvalue weighted by molar-refractivity contribution is 0.224. The number of nitrogens with zero attached hydrogens (tertiary/aromatic N) is 2. The second-order valence-corrected chi connectivity index (χ2v) is 6.88. The van der Waals surface area contributed by atoms with E-state index in [0.717, 1.165) is 26.1 Å². The first kappa shape index (κ1) is 15.9. The molecule has 0 aromatic heterocycles. The molecule has 5 nitrogen and oxygen atoms in total. The van der Waals surface area contributed by atoms with Gasteiger partial charge in [0.25, 0.3) is 0 Å². The molecule has 1 rings (SSSR count). The largest absolute Gasteiger partial charge is 0.320 e. The lowest BCUT2D eigenvalue weighted by atomic mass is 10.2. The van der Waals surface area contributed by atoms with E-state index in [0.29, 0.717) is 25.6 Å². The van der Waals surface area contributed by atoms with Crippen molar-refractivity contribution in [2.75, 3.05) is 45.5 Å². The summed E-state index contributed by atoms with van der Waals surface area (Å²) in [5.41, 5.74) is 0. The average molecular weight is 277 g/mol. The molecule has 0 amide bonds. The predicted molar refractivity (Wildman–Crippen MR) is 75.2 cm³/mol. The zero-order chi connectivity index (χ0) is 13.6. The first-order valence-corrected chi connectivity index (χ1v) is 8.52. The highest BCUT2D eigenvalue weighted by Gasteiger charge is 2.32. The predicted octanol–water partition coefficient (Wildman–Crippen LogP) is 0.342. The minimum atomic E-state index is -3.05. The Labute approximate surface area is 112 Å². The Balaban J connectivity index is 2.49. The summed E-state index contributed by atoms with van der Waals surface area (Å²) in [5, 5.41) is 2.98. The Morgan fingerprint density at radius 3 is 2.56 bits per heavy atom. The SMILES string of the molecule is CCN(CC)C1CCN(S(=O)(=O)CCCNC)C1. The maximum absolute atomic E-state index is 12.1. The van der Waals surface area contributed by atoms with Crippen LogP contribution in [0.15, 0.2) is 0 Å². The summed E-state index contributed by atoms with van der Waals surface area (Å²) < 4.78 is 25.9. The van der Waals surface area contributed by atoms with Crippen LogP contribution in [-0.4, -0.2) is 69.2 Å². The van der Waals surface area contributed by atoms with Gasteiger partial charge in [0.15, 0.2) is 0 Å². The van der Waals surface area contributed by atoms with E-state index in [4.69, 9.17) is 0 Å². The molecule has 0 aliphatic carbocycles. The van der Waals surface area contributed by atoms with Crippen LogP contribution < -0.4 is 5.32 Å². The van der Waals surface area contributed by atoms with Gasteiger partial charge in [0, 0.05) is 19.1 Å². The van der Waals surface area contributed by atoms with E-state index < -0.39 is 10.0 Å². The van der Waals surface area contributed by atoms with Gasteiger partial charge in [-0.25, -0.2) is 12.7 Å². The average Bonchev–Trinajstić information content (AvgIpc) is 2.81. The number of likely N-dealkylation sites (N-methyl/N-ethyl adjacent to an activating group) is 1. The van der Waals surface area contributed by atoms with Crippen LogP contribution in [0.2, 0.25) is 0 Å². The molecule has 1 N–H and O–H groups in total. The Hall–Kier alpha value is -0.170. The summed E-state index contributed by atoms with van der Waals surface area (Å²) in [5.74, 6) is 0.263. The van der Waals surface area contributed by atoms with Crippen LogP contribution in [0.25, 0.3) is 0 Å². The maximum Gasteiger partial charge on any atom is 0.214 e. The Morgan fingerprint density at radius 2 is 2.00 bits per heavy atom. The lowest BCUT2D eigenvalue weighted by Crippen LogP contribution is -2.39. The Morgan fingerprint density at radius 1 is 1.33 bits per heavy atom. The summed E-state index contributed by atoms with van der Waals surface area (Å²) in [6.07, 6.45) is 1.65. The van der Waals surface area contributed by atoms with Gasteiger partial charge in [-0.05, 0) is 39.5 Å². The number of hydrogen-bond acceptors (Lipinski definition) is 4. The summed E-state index contributed by atoms with van der Waals surface area (Å²) in [4.78, 5) is 2.35. The fraction of sp³-hybridized carbons (Fsp3) is 1.00. The van der Waals surface area contributed by atoms with Crippen molar-refractivity contribution in [3.8, 4) is 0 Å². The zero-order valence-corrected chi connectivity index (χ0v) is 12.7. The fourth-order valence-electron chi connectivity index (χ4n) is 2.56.